The molecule has 4 rings (SSSR count). The molecule has 0 spiro atoms. The Morgan fingerprint density at radius 2 is 1.88 bits per heavy atom. The number of para-hydroxylation sites is 1. The molecule has 1 amide bonds. The third-order valence-electron chi connectivity index (χ3n) is 6.22. The van der Waals surface area contributed by atoms with Crippen LogP contribution >= 0.6 is 0 Å². The highest BCUT2D eigenvalue weighted by Gasteiger charge is 2.27. The molecule has 1 aliphatic rings. The molecule has 7 heteroatoms. The van der Waals surface area contributed by atoms with Crippen LogP contribution in [0.15, 0.2) is 65.5 Å². The zero-order valence-corrected chi connectivity index (χ0v) is 19.9. The maximum atomic E-state index is 13.0. The van der Waals surface area contributed by atoms with Crippen LogP contribution in [0.2, 0.25) is 0 Å². The van der Waals surface area contributed by atoms with Crippen LogP contribution in [-0.4, -0.2) is 35.4 Å². The zero-order valence-electron chi connectivity index (χ0n) is 19.9. The van der Waals surface area contributed by atoms with Crippen molar-refractivity contribution in [3.05, 3.63) is 82.1 Å². The summed E-state index contributed by atoms with van der Waals surface area (Å²) in [5.74, 6) is 1.39. The van der Waals surface area contributed by atoms with Crippen LogP contribution in [0.5, 0.6) is 5.75 Å². The van der Waals surface area contributed by atoms with E-state index >= 15 is 0 Å². The fourth-order valence-corrected chi connectivity index (χ4v) is 4.30. The molecule has 34 heavy (non-hydrogen) atoms. The molecule has 0 saturated carbocycles. The molecular formula is C27H32N4O3. The number of rotatable bonds is 8. The summed E-state index contributed by atoms with van der Waals surface area (Å²) in [6, 6.07) is 18.9. The number of nitrogens with zero attached hydrogens (tertiary/aromatic N) is 3. The van der Waals surface area contributed by atoms with E-state index in [2.05, 4.69) is 22.2 Å². The van der Waals surface area contributed by atoms with Gasteiger partial charge in [-0.05, 0) is 56.0 Å². The van der Waals surface area contributed by atoms with Crippen molar-refractivity contribution < 1.29 is 9.53 Å². The molecule has 1 aromatic heterocycles. The number of benzene rings is 2. The quantitative estimate of drug-likeness (QED) is 0.554. The number of aryl methyl sites for hydroxylation is 1. The predicted molar refractivity (Wildman–Crippen MR) is 134 cm³/mol. The van der Waals surface area contributed by atoms with E-state index in [1.54, 1.807) is 12.1 Å². The average Bonchev–Trinajstić information content (AvgIpc) is 2.88. The second kappa shape index (κ2) is 11.0. The summed E-state index contributed by atoms with van der Waals surface area (Å²) in [6.07, 6.45) is 2.66. The fraction of sp³-hybridized carbons (Fsp3) is 0.370. The standard InChI is InChI=1S/C27H32N4O3/c1-3-20-11-13-23(14-12-20)31-26(32)16-15-25(29-31)30-17-7-9-22(19-30)27(33)28-18-21-8-5-6-10-24(21)34-4-2/h5-6,8,10-16,22H,3-4,7,9,17-19H2,1-2H3,(H,28,33). The molecule has 2 heterocycles. The summed E-state index contributed by atoms with van der Waals surface area (Å²) in [5, 5.41) is 7.70. The first-order valence-corrected chi connectivity index (χ1v) is 12.0. The Morgan fingerprint density at radius 3 is 2.65 bits per heavy atom. The summed E-state index contributed by atoms with van der Waals surface area (Å²) in [4.78, 5) is 27.5. The van der Waals surface area contributed by atoms with E-state index in [-0.39, 0.29) is 17.4 Å². The molecular weight excluding hydrogens is 428 g/mol. The van der Waals surface area contributed by atoms with Crippen LogP contribution in [0.3, 0.4) is 0 Å². The monoisotopic (exact) mass is 460 g/mol. The van der Waals surface area contributed by atoms with Gasteiger partial charge in [0.05, 0.1) is 18.2 Å². The number of amides is 1. The van der Waals surface area contributed by atoms with Crippen molar-refractivity contribution in [1.82, 2.24) is 15.1 Å². The number of carbonyl (C=O) groups is 1. The highest BCUT2D eigenvalue weighted by molar-refractivity contribution is 5.79. The highest BCUT2D eigenvalue weighted by atomic mass is 16.5. The third kappa shape index (κ3) is 5.47. The van der Waals surface area contributed by atoms with Crippen molar-refractivity contribution in [3.63, 3.8) is 0 Å². The summed E-state index contributed by atoms with van der Waals surface area (Å²) in [6.45, 7) is 6.43. The van der Waals surface area contributed by atoms with Gasteiger partial charge in [0, 0.05) is 31.3 Å². The van der Waals surface area contributed by atoms with Crippen molar-refractivity contribution in [2.45, 2.75) is 39.7 Å². The number of anilines is 1. The minimum absolute atomic E-state index is 0.0273. The molecule has 1 aliphatic heterocycles. The molecule has 1 fully saturated rings. The van der Waals surface area contributed by atoms with E-state index in [9.17, 15) is 9.59 Å². The minimum atomic E-state index is -0.174. The van der Waals surface area contributed by atoms with Crippen LogP contribution in [0.1, 0.15) is 37.8 Å². The van der Waals surface area contributed by atoms with Gasteiger partial charge in [-0.25, -0.2) is 0 Å². The summed E-state index contributed by atoms with van der Waals surface area (Å²) < 4.78 is 7.10. The van der Waals surface area contributed by atoms with E-state index in [1.807, 2.05) is 55.5 Å². The molecule has 178 valence electrons. The fourth-order valence-electron chi connectivity index (χ4n) is 4.30. The molecule has 0 aliphatic carbocycles. The van der Waals surface area contributed by atoms with Gasteiger partial charge in [0.1, 0.15) is 11.6 Å². The lowest BCUT2D eigenvalue weighted by Gasteiger charge is -2.33. The lowest BCUT2D eigenvalue weighted by Crippen LogP contribution is -2.43. The number of aromatic nitrogens is 2. The number of piperidine rings is 1. The maximum Gasteiger partial charge on any atom is 0.271 e. The predicted octanol–water partition coefficient (Wildman–Crippen LogP) is 3.73. The Kier molecular flexibility index (Phi) is 7.62. The Balaban J connectivity index is 1.44. The highest BCUT2D eigenvalue weighted by Crippen LogP contribution is 2.23. The van der Waals surface area contributed by atoms with Crippen LogP contribution in [0.25, 0.3) is 5.69 Å². The van der Waals surface area contributed by atoms with Crippen molar-refractivity contribution in [2.75, 3.05) is 24.6 Å². The molecule has 3 aromatic rings. The first-order valence-electron chi connectivity index (χ1n) is 12.0. The molecule has 0 radical (unpaired) electrons. The van der Waals surface area contributed by atoms with Crippen molar-refractivity contribution in [1.29, 1.82) is 0 Å². The lowest BCUT2D eigenvalue weighted by atomic mass is 9.97. The van der Waals surface area contributed by atoms with E-state index in [4.69, 9.17) is 4.74 Å². The Labute approximate surface area is 200 Å². The van der Waals surface area contributed by atoms with Gasteiger partial charge in [0.25, 0.3) is 5.56 Å². The van der Waals surface area contributed by atoms with Crippen LogP contribution < -0.4 is 20.5 Å². The van der Waals surface area contributed by atoms with Gasteiger partial charge >= 0.3 is 0 Å². The molecule has 7 nitrogen and oxygen atoms in total. The van der Waals surface area contributed by atoms with Crippen LogP contribution in [-0.2, 0) is 17.8 Å². The molecule has 1 saturated heterocycles. The van der Waals surface area contributed by atoms with Gasteiger partial charge < -0.3 is 15.0 Å². The number of ether oxygens (including phenoxy) is 1. The van der Waals surface area contributed by atoms with Crippen LogP contribution in [0.4, 0.5) is 5.82 Å². The van der Waals surface area contributed by atoms with E-state index < -0.39 is 0 Å². The average molecular weight is 461 g/mol. The van der Waals surface area contributed by atoms with Crippen molar-refractivity contribution >= 4 is 11.7 Å². The van der Waals surface area contributed by atoms with Gasteiger partial charge in [-0.1, -0.05) is 37.3 Å². The van der Waals surface area contributed by atoms with Gasteiger partial charge in [-0.3, -0.25) is 9.59 Å². The van der Waals surface area contributed by atoms with Crippen molar-refractivity contribution in [3.8, 4) is 11.4 Å². The molecule has 1 atom stereocenters. The van der Waals surface area contributed by atoms with Gasteiger partial charge in [0.15, 0.2) is 0 Å². The Bertz CT molecular complexity index is 1170. The number of hydrogen-bond donors (Lipinski definition) is 1. The normalized spacial score (nSPS) is 15.7. The summed E-state index contributed by atoms with van der Waals surface area (Å²) in [7, 11) is 0. The SMILES string of the molecule is CCOc1ccccc1CNC(=O)C1CCCN(c2ccc(=O)n(-c3ccc(CC)cc3)n2)C1. The van der Waals surface area contributed by atoms with Gasteiger partial charge in [0.2, 0.25) is 5.91 Å². The van der Waals surface area contributed by atoms with Crippen molar-refractivity contribution in [2.24, 2.45) is 5.92 Å². The largest absolute Gasteiger partial charge is 0.494 e. The summed E-state index contributed by atoms with van der Waals surface area (Å²) >= 11 is 0. The number of carbonyl (C=O) groups excluding carboxylic acids is 1. The van der Waals surface area contributed by atoms with Gasteiger partial charge in [-0.2, -0.15) is 4.68 Å². The summed E-state index contributed by atoms with van der Waals surface area (Å²) in [5.41, 5.74) is 2.74. The first-order chi connectivity index (χ1) is 16.6. The van der Waals surface area contributed by atoms with Crippen LogP contribution in [0, 0.1) is 5.92 Å². The molecule has 2 aromatic carbocycles. The lowest BCUT2D eigenvalue weighted by molar-refractivity contribution is -0.125. The number of nitrogens with one attached hydrogen (secondary N) is 1. The molecule has 0 bridgehead atoms. The third-order valence-corrected chi connectivity index (χ3v) is 6.22. The first kappa shape index (κ1) is 23.5. The smallest absolute Gasteiger partial charge is 0.271 e. The van der Waals surface area contributed by atoms with E-state index in [1.165, 1.54) is 10.2 Å². The second-order valence-electron chi connectivity index (χ2n) is 8.51. The number of hydrogen-bond acceptors (Lipinski definition) is 5. The van der Waals surface area contributed by atoms with E-state index in [0.29, 0.717) is 25.5 Å². The maximum absolute atomic E-state index is 13.0. The Morgan fingerprint density at radius 1 is 1.09 bits per heavy atom. The van der Waals surface area contributed by atoms with E-state index in [0.717, 1.165) is 42.8 Å². The molecule has 1 unspecified atom stereocenters. The topological polar surface area (TPSA) is 76.5 Å². The Hall–Kier alpha value is -3.61. The van der Waals surface area contributed by atoms with Gasteiger partial charge in [-0.15, -0.1) is 5.10 Å². The minimum Gasteiger partial charge on any atom is -0.494 e. The zero-order chi connectivity index (χ0) is 23.9. The second-order valence-corrected chi connectivity index (χ2v) is 8.51. The molecule has 1 N–H and O–H groups in total.